The molecule has 0 spiro atoms. The molecule has 0 aliphatic carbocycles. The van der Waals surface area contributed by atoms with Gasteiger partial charge in [0.25, 0.3) is 5.91 Å². The van der Waals surface area contributed by atoms with Gasteiger partial charge < -0.3 is 38.5 Å². The van der Waals surface area contributed by atoms with Gasteiger partial charge in [0.2, 0.25) is 0 Å². The number of fused-ring (bicyclic) bond motifs is 1. The van der Waals surface area contributed by atoms with Gasteiger partial charge in [0.1, 0.15) is 12.3 Å². The molecule has 2 aromatic rings. The van der Waals surface area contributed by atoms with Gasteiger partial charge in [0.15, 0.2) is 0 Å². The van der Waals surface area contributed by atoms with Crippen LogP contribution in [0.3, 0.4) is 0 Å². The summed E-state index contributed by atoms with van der Waals surface area (Å²) in [5.74, 6) is 3.01. The molecule has 32 heavy (non-hydrogen) atoms. The van der Waals surface area contributed by atoms with Crippen LogP contribution in [0.15, 0.2) is 42.0 Å². The van der Waals surface area contributed by atoms with Gasteiger partial charge in [-0.1, -0.05) is 35.3 Å². The minimum atomic E-state index is -0.130. The second-order valence-corrected chi connectivity index (χ2v) is 10.6. The summed E-state index contributed by atoms with van der Waals surface area (Å²) in [6.45, 7) is 1.40. The summed E-state index contributed by atoms with van der Waals surface area (Å²) in [5, 5.41) is 3.89. The van der Waals surface area contributed by atoms with Crippen molar-refractivity contribution < 1.29 is 38.0 Å². The zero-order chi connectivity index (χ0) is 22.0. The lowest BCUT2D eigenvalue weighted by Gasteiger charge is -2.35. The Hall–Kier alpha value is -0.930. The third-order valence-electron chi connectivity index (χ3n) is 6.00. The van der Waals surface area contributed by atoms with E-state index < -0.39 is 0 Å². The summed E-state index contributed by atoms with van der Waals surface area (Å²) in [7, 11) is 4.62. The van der Waals surface area contributed by atoms with Crippen molar-refractivity contribution >= 4 is 52.6 Å². The fourth-order valence-corrected chi connectivity index (χ4v) is 5.84. The van der Waals surface area contributed by atoms with Crippen LogP contribution in [-0.2, 0) is 11.3 Å². The average molecular weight is 605 g/mol. The van der Waals surface area contributed by atoms with E-state index in [1.54, 1.807) is 12.1 Å². The van der Waals surface area contributed by atoms with Crippen LogP contribution in [0.2, 0.25) is 10.0 Å². The number of rotatable bonds is 5. The van der Waals surface area contributed by atoms with E-state index in [2.05, 4.69) is 31.5 Å². The lowest BCUT2D eigenvalue weighted by Crippen LogP contribution is -3.00. The standard InChI is InChI=1S/C24H26Cl2N2O2S.HI/c1-28(2,20-8-10-31-15-20)14-16-3-5-19(6-4-16)27-24(29)17-7-9-30-23-13-22(26)21(25)12-18(23)11-17;/h3-6,11-13,20H,7-10,14-15H2,1-2H3;1H. The van der Waals surface area contributed by atoms with E-state index in [-0.39, 0.29) is 29.9 Å². The first-order valence-corrected chi connectivity index (χ1v) is 12.4. The third kappa shape index (κ3) is 6.14. The van der Waals surface area contributed by atoms with Gasteiger partial charge >= 0.3 is 0 Å². The quantitative estimate of drug-likeness (QED) is 0.421. The number of hydrogen-bond donors (Lipinski definition) is 1. The minimum absolute atomic E-state index is 0. The molecule has 1 atom stereocenters. The summed E-state index contributed by atoms with van der Waals surface area (Å²) in [4.78, 5) is 12.9. The molecule has 8 heteroatoms. The van der Waals surface area contributed by atoms with Crippen molar-refractivity contribution in [3.05, 3.63) is 63.1 Å². The Balaban J connectivity index is 0.00000289. The Morgan fingerprint density at radius 3 is 2.59 bits per heavy atom. The monoisotopic (exact) mass is 604 g/mol. The number of thioether (sulfide) groups is 1. The summed E-state index contributed by atoms with van der Waals surface area (Å²) in [6.07, 6.45) is 3.62. The van der Waals surface area contributed by atoms with Crippen LogP contribution in [-0.4, -0.2) is 48.6 Å². The first-order chi connectivity index (χ1) is 14.8. The van der Waals surface area contributed by atoms with Crippen molar-refractivity contribution in [2.75, 3.05) is 37.5 Å². The van der Waals surface area contributed by atoms with Crippen LogP contribution < -0.4 is 34.0 Å². The molecule has 4 rings (SSSR count). The van der Waals surface area contributed by atoms with Gasteiger partial charge in [0.05, 0.1) is 36.8 Å². The molecule has 2 aliphatic heterocycles. The van der Waals surface area contributed by atoms with Crippen LogP contribution in [0.25, 0.3) is 6.08 Å². The second-order valence-electron chi connectivity index (χ2n) is 8.68. The molecule has 2 heterocycles. The molecule has 2 aliphatic rings. The first kappa shape index (κ1) is 25.7. The van der Waals surface area contributed by atoms with Gasteiger partial charge in [-0.2, -0.15) is 11.8 Å². The van der Waals surface area contributed by atoms with E-state index in [4.69, 9.17) is 27.9 Å². The van der Waals surface area contributed by atoms with Crippen LogP contribution >= 0.6 is 35.0 Å². The number of carbonyl (C=O) groups excluding carboxylic acids is 1. The van der Waals surface area contributed by atoms with Gasteiger partial charge in [-0.3, -0.25) is 4.79 Å². The Labute approximate surface area is 221 Å². The fourth-order valence-electron chi connectivity index (χ4n) is 4.07. The number of amides is 1. The summed E-state index contributed by atoms with van der Waals surface area (Å²) >= 11 is 14.3. The Kier molecular flexibility index (Phi) is 8.83. The average Bonchev–Trinajstić information content (AvgIpc) is 3.20. The van der Waals surface area contributed by atoms with Crippen molar-refractivity contribution in [2.45, 2.75) is 25.4 Å². The molecule has 1 fully saturated rings. The van der Waals surface area contributed by atoms with Gasteiger partial charge in [-0.25, -0.2) is 0 Å². The number of carbonyl (C=O) groups is 1. The van der Waals surface area contributed by atoms with E-state index in [9.17, 15) is 4.79 Å². The molecule has 4 nitrogen and oxygen atoms in total. The third-order valence-corrected chi connectivity index (χ3v) is 7.87. The van der Waals surface area contributed by atoms with Crippen molar-refractivity contribution in [3.63, 3.8) is 0 Å². The van der Waals surface area contributed by atoms with E-state index in [0.29, 0.717) is 40.4 Å². The van der Waals surface area contributed by atoms with Gasteiger partial charge in [0, 0.05) is 47.0 Å². The predicted octanol–water partition coefficient (Wildman–Crippen LogP) is 2.88. The Morgan fingerprint density at radius 1 is 1.19 bits per heavy atom. The van der Waals surface area contributed by atoms with Crippen LogP contribution in [0.1, 0.15) is 24.0 Å². The Morgan fingerprint density at radius 2 is 1.91 bits per heavy atom. The fraction of sp³-hybridized carbons (Fsp3) is 0.375. The first-order valence-electron chi connectivity index (χ1n) is 10.4. The van der Waals surface area contributed by atoms with Crippen molar-refractivity contribution in [2.24, 2.45) is 0 Å². The highest BCUT2D eigenvalue weighted by molar-refractivity contribution is 7.99. The van der Waals surface area contributed by atoms with Crippen molar-refractivity contribution in [1.82, 2.24) is 0 Å². The molecule has 172 valence electrons. The second kappa shape index (κ2) is 11.0. The molecule has 0 aromatic heterocycles. The highest BCUT2D eigenvalue weighted by Crippen LogP contribution is 2.34. The number of quaternary nitrogens is 1. The van der Waals surface area contributed by atoms with E-state index >= 15 is 0 Å². The summed E-state index contributed by atoms with van der Waals surface area (Å²) in [5.41, 5.74) is 3.48. The van der Waals surface area contributed by atoms with Crippen molar-refractivity contribution in [3.8, 4) is 5.75 Å². The number of halogens is 3. The molecule has 0 radical (unpaired) electrons. The normalized spacial score (nSPS) is 18.0. The zero-order valence-corrected chi connectivity index (χ0v) is 22.7. The van der Waals surface area contributed by atoms with E-state index in [1.165, 1.54) is 23.5 Å². The van der Waals surface area contributed by atoms with Crippen molar-refractivity contribution in [1.29, 1.82) is 0 Å². The molecule has 0 saturated carbocycles. The predicted molar refractivity (Wildman–Crippen MR) is 131 cm³/mol. The Bertz CT molecular complexity index is 1010. The summed E-state index contributed by atoms with van der Waals surface area (Å²) in [6, 6.07) is 12.3. The molecule has 0 bridgehead atoms. The maximum Gasteiger partial charge on any atom is 0.251 e. The lowest BCUT2D eigenvalue weighted by molar-refractivity contribution is -0.924. The number of nitrogens with zero attached hydrogens (tertiary/aromatic N) is 1. The number of nitrogens with one attached hydrogen (secondary N) is 1. The van der Waals surface area contributed by atoms with Gasteiger partial charge in [-0.15, -0.1) is 0 Å². The van der Waals surface area contributed by atoms with Crippen LogP contribution in [0.5, 0.6) is 5.75 Å². The maximum atomic E-state index is 12.9. The lowest BCUT2D eigenvalue weighted by atomic mass is 10.1. The van der Waals surface area contributed by atoms with Crippen LogP contribution in [0, 0.1) is 0 Å². The highest BCUT2D eigenvalue weighted by atomic mass is 127. The smallest absolute Gasteiger partial charge is 0.251 e. The molecule has 1 unspecified atom stereocenters. The number of anilines is 1. The number of hydrogen-bond acceptors (Lipinski definition) is 3. The molecular formula is C24H27Cl2IN2O2S. The molecule has 1 amide bonds. The molecule has 1 saturated heterocycles. The molecule has 1 N–H and O–H groups in total. The minimum Gasteiger partial charge on any atom is -1.00 e. The van der Waals surface area contributed by atoms with E-state index in [1.807, 2.05) is 30.0 Å². The SMILES string of the molecule is C[N+](C)(Cc1ccc(NC(=O)C2=Cc3cc(Cl)c(Cl)cc3OCC2)cc1)C1CCSC1.[I-]. The highest BCUT2D eigenvalue weighted by Gasteiger charge is 2.31. The van der Waals surface area contributed by atoms with Gasteiger partial charge in [-0.05, 0) is 30.0 Å². The topological polar surface area (TPSA) is 38.3 Å². The molecular weight excluding hydrogens is 578 g/mol. The summed E-state index contributed by atoms with van der Waals surface area (Å²) < 4.78 is 6.74. The number of ether oxygens (including phenoxy) is 1. The number of benzene rings is 2. The van der Waals surface area contributed by atoms with Crippen LogP contribution in [0.4, 0.5) is 5.69 Å². The zero-order valence-electron chi connectivity index (χ0n) is 18.2. The molecule has 2 aromatic carbocycles. The largest absolute Gasteiger partial charge is 1.00 e. The maximum absolute atomic E-state index is 12.9. The van der Waals surface area contributed by atoms with E-state index in [0.717, 1.165) is 22.3 Å².